The van der Waals surface area contributed by atoms with E-state index in [0.717, 1.165) is 28.3 Å². The summed E-state index contributed by atoms with van der Waals surface area (Å²) in [6, 6.07) is 12.3. The predicted molar refractivity (Wildman–Crippen MR) is 154 cm³/mol. The fourth-order valence-corrected chi connectivity index (χ4v) is 5.66. The molecule has 0 spiro atoms. The molecule has 37 heavy (non-hydrogen) atoms. The van der Waals surface area contributed by atoms with Crippen LogP contribution in [-0.2, 0) is 22.5 Å². The van der Waals surface area contributed by atoms with Crippen LogP contribution in [-0.4, -0.2) is 40.3 Å². The minimum absolute atomic E-state index is 0.301. The van der Waals surface area contributed by atoms with Gasteiger partial charge in [-0.3, -0.25) is 0 Å². The SMILES string of the molecule is COc1cc(C)cc(C)c1C(NS(=O)C(C)(C)C)c1nc2cc(C#N)ccc2n1COCC[Si](C)(C)C. The maximum absolute atomic E-state index is 13.4. The Morgan fingerprint density at radius 2 is 1.89 bits per heavy atom. The number of rotatable bonds is 10. The molecule has 0 aliphatic rings. The molecule has 0 saturated heterocycles. The Morgan fingerprint density at radius 1 is 1.19 bits per heavy atom. The average Bonchev–Trinajstić information content (AvgIpc) is 3.16. The number of hydrogen-bond donors (Lipinski definition) is 1. The molecule has 0 fully saturated rings. The van der Waals surface area contributed by atoms with Crippen molar-refractivity contribution in [3.8, 4) is 11.8 Å². The van der Waals surface area contributed by atoms with Gasteiger partial charge in [-0.1, -0.05) is 25.7 Å². The molecule has 1 aromatic heterocycles. The van der Waals surface area contributed by atoms with E-state index in [-0.39, 0.29) is 0 Å². The number of nitriles is 1. The molecule has 1 N–H and O–H groups in total. The molecular weight excluding hydrogens is 500 g/mol. The van der Waals surface area contributed by atoms with Gasteiger partial charge in [0.1, 0.15) is 24.3 Å². The molecule has 2 aromatic carbocycles. The number of methoxy groups -OCH3 is 1. The first-order valence-corrected chi connectivity index (χ1v) is 17.4. The normalized spacial score (nSPS) is 13.9. The smallest absolute Gasteiger partial charge is 0.134 e. The summed E-state index contributed by atoms with van der Waals surface area (Å²) < 4.78 is 30.3. The summed E-state index contributed by atoms with van der Waals surface area (Å²) in [6.07, 6.45) is 0. The lowest BCUT2D eigenvalue weighted by Gasteiger charge is -2.27. The first-order chi connectivity index (χ1) is 17.2. The van der Waals surface area contributed by atoms with Crippen LogP contribution >= 0.6 is 0 Å². The molecule has 3 aromatic rings. The molecule has 0 saturated carbocycles. The number of imidazole rings is 1. The molecule has 0 aliphatic carbocycles. The van der Waals surface area contributed by atoms with E-state index >= 15 is 0 Å². The molecule has 0 bridgehead atoms. The highest BCUT2D eigenvalue weighted by atomic mass is 32.2. The zero-order chi connectivity index (χ0) is 27.5. The van der Waals surface area contributed by atoms with Gasteiger partial charge in [0.05, 0.1) is 45.5 Å². The molecular formula is C28H40N4O3SSi. The second kappa shape index (κ2) is 11.5. The standard InChI is InChI=1S/C28H40N4O3SSi/c1-19-14-20(2)25(24(15-19)34-6)26(31-36(33)28(3,4)5)27-30-22-16-21(17-29)10-11-23(22)32(27)18-35-12-13-37(7,8)9/h10-11,14-16,26,31H,12-13,18H2,1-9H3. The Kier molecular flexibility index (Phi) is 9.01. The Hall–Kier alpha value is -2.51. The maximum Gasteiger partial charge on any atom is 0.134 e. The summed E-state index contributed by atoms with van der Waals surface area (Å²) in [4.78, 5) is 4.99. The highest BCUT2D eigenvalue weighted by Gasteiger charge is 2.31. The third kappa shape index (κ3) is 7.08. The van der Waals surface area contributed by atoms with Crippen LogP contribution < -0.4 is 9.46 Å². The van der Waals surface area contributed by atoms with Crippen molar-refractivity contribution in [1.82, 2.24) is 14.3 Å². The fraction of sp³-hybridized carbons (Fsp3) is 0.500. The second-order valence-corrected chi connectivity index (χ2v) is 19.3. The third-order valence-corrected chi connectivity index (χ3v) is 9.43. The summed E-state index contributed by atoms with van der Waals surface area (Å²) in [5.74, 6) is 1.37. The van der Waals surface area contributed by atoms with Gasteiger partial charge >= 0.3 is 0 Å². The summed E-state index contributed by atoms with van der Waals surface area (Å²) in [7, 11) is -1.00. The Balaban J connectivity index is 2.22. The number of aryl methyl sites for hydroxylation is 2. The van der Waals surface area contributed by atoms with Gasteiger partial charge < -0.3 is 14.0 Å². The third-order valence-electron chi connectivity index (χ3n) is 6.16. The molecule has 7 nitrogen and oxygen atoms in total. The van der Waals surface area contributed by atoms with Crippen molar-refractivity contribution < 1.29 is 13.7 Å². The molecule has 3 rings (SSSR count). The van der Waals surface area contributed by atoms with Crippen LogP contribution in [0.1, 0.15) is 54.9 Å². The van der Waals surface area contributed by atoms with Crippen LogP contribution in [0.2, 0.25) is 25.7 Å². The lowest BCUT2D eigenvalue weighted by atomic mass is 9.97. The zero-order valence-corrected chi connectivity index (χ0v) is 25.4. The number of aromatic nitrogens is 2. The number of benzene rings is 2. The predicted octanol–water partition coefficient (Wildman–Crippen LogP) is 5.99. The van der Waals surface area contributed by atoms with Crippen LogP contribution in [0.25, 0.3) is 11.0 Å². The first-order valence-electron chi connectivity index (χ1n) is 12.6. The molecule has 2 unspecified atom stereocenters. The van der Waals surface area contributed by atoms with Gasteiger partial charge in [-0.05, 0) is 76.1 Å². The number of ether oxygens (including phenoxy) is 2. The number of nitrogens with one attached hydrogen (secondary N) is 1. The molecule has 0 radical (unpaired) electrons. The summed E-state index contributed by atoms with van der Waals surface area (Å²) in [5, 5.41) is 9.47. The lowest BCUT2D eigenvalue weighted by molar-refractivity contribution is 0.0873. The van der Waals surface area contributed by atoms with E-state index in [0.29, 0.717) is 36.0 Å². The second-order valence-electron chi connectivity index (χ2n) is 11.7. The van der Waals surface area contributed by atoms with Gasteiger partial charge in [0, 0.05) is 20.2 Å². The molecule has 0 aliphatic heterocycles. The van der Waals surface area contributed by atoms with Crippen LogP contribution in [0.4, 0.5) is 0 Å². The maximum atomic E-state index is 13.4. The van der Waals surface area contributed by atoms with Gasteiger partial charge in [-0.2, -0.15) is 5.26 Å². The Labute approximate surface area is 224 Å². The molecule has 0 amide bonds. The van der Waals surface area contributed by atoms with E-state index in [9.17, 15) is 9.47 Å². The summed E-state index contributed by atoms with van der Waals surface area (Å²) in [5.41, 5.74) is 5.06. The van der Waals surface area contributed by atoms with E-state index < -0.39 is 29.8 Å². The average molecular weight is 541 g/mol. The van der Waals surface area contributed by atoms with Crippen molar-refractivity contribution in [2.24, 2.45) is 0 Å². The fourth-order valence-electron chi connectivity index (χ4n) is 4.11. The molecule has 200 valence electrons. The van der Waals surface area contributed by atoms with Crippen LogP contribution in [0, 0.1) is 25.2 Å². The van der Waals surface area contributed by atoms with Gasteiger partial charge in [0.2, 0.25) is 0 Å². The van der Waals surface area contributed by atoms with Crippen molar-refractivity contribution >= 4 is 30.1 Å². The van der Waals surface area contributed by atoms with E-state index in [4.69, 9.17) is 14.5 Å². The van der Waals surface area contributed by atoms with Crippen molar-refractivity contribution in [2.45, 2.75) is 77.8 Å². The van der Waals surface area contributed by atoms with Gasteiger partial charge in [0.25, 0.3) is 0 Å². The lowest BCUT2D eigenvalue weighted by Crippen LogP contribution is -2.37. The van der Waals surface area contributed by atoms with Crippen LogP contribution in [0.5, 0.6) is 5.75 Å². The van der Waals surface area contributed by atoms with Crippen LogP contribution in [0.15, 0.2) is 30.3 Å². The number of hydrogen-bond acceptors (Lipinski definition) is 5. The van der Waals surface area contributed by atoms with E-state index in [2.05, 4.69) is 36.5 Å². The number of fused-ring (bicyclic) bond motifs is 1. The largest absolute Gasteiger partial charge is 0.496 e. The first kappa shape index (κ1) is 29.0. The molecule has 9 heteroatoms. The van der Waals surface area contributed by atoms with Crippen molar-refractivity contribution in [3.05, 3.63) is 58.4 Å². The van der Waals surface area contributed by atoms with Gasteiger partial charge in [0.15, 0.2) is 0 Å². The minimum Gasteiger partial charge on any atom is -0.496 e. The number of nitrogens with zero attached hydrogens (tertiary/aromatic N) is 3. The monoisotopic (exact) mass is 540 g/mol. The minimum atomic E-state index is -1.39. The van der Waals surface area contributed by atoms with Crippen LogP contribution in [0.3, 0.4) is 0 Å². The Morgan fingerprint density at radius 3 is 2.49 bits per heavy atom. The van der Waals surface area contributed by atoms with Crippen molar-refractivity contribution in [2.75, 3.05) is 13.7 Å². The Bertz CT molecular complexity index is 1330. The molecule has 1 heterocycles. The van der Waals surface area contributed by atoms with E-state index in [1.807, 2.05) is 51.3 Å². The topological polar surface area (TPSA) is 89.2 Å². The van der Waals surface area contributed by atoms with Crippen molar-refractivity contribution in [3.63, 3.8) is 0 Å². The van der Waals surface area contributed by atoms with Gasteiger partial charge in [-0.15, -0.1) is 0 Å². The van der Waals surface area contributed by atoms with E-state index in [1.165, 1.54) is 0 Å². The zero-order valence-electron chi connectivity index (χ0n) is 23.6. The summed E-state index contributed by atoms with van der Waals surface area (Å²) >= 11 is 0. The molecule has 2 atom stereocenters. The van der Waals surface area contributed by atoms with Gasteiger partial charge in [-0.25, -0.2) is 13.9 Å². The highest BCUT2D eigenvalue weighted by Crippen LogP contribution is 2.36. The highest BCUT2D eigenvalue weighted by molar-refractivity contribution is 7.84. The van der Waals surface area contributed by atoms with Crippen molar-refractivity contribution in [1.29, 1.82) is 5.26 Å². The quantitative estimate of drug-likeness (QED) is 0.252. The summed E-state index contributed by atoms with van der Waals surface area (Å²) in [6.45, 7) is 17.8. The van der Waals surface area contributed by atoms with E-state index in [1.54, 1.807) is 19.2 Å².